The fourth-order valence-corrected chi connectivity index (χ4v) is 4.65. The number of rotatable bonds is 5. The summed E-state index contributed by atoms with van der Waals surface area (Å²) in [6.45, 7) is 2.00. The summed E-state index contributed by atoms with van der Waals surface area (Å²) >= 11 is 0. The second-order valence-corrected chi connectivity index (χ2v) is 8.60. The van der Waals surface area contributed by atoms with Crippen molar-refractivity contribution in [3.8, 4) is 22.7 Å². The number of nitrogens with one attached hydrogen (secondary N) is 1. The molecule has 2 aliphatic heterocycles. The van der Waals surface area contributed by atoms with Crippen molar-refractivity contribution >= 4 is 5.82 Å². The Labute approximate surface area is 184 Å². The van der Waals surface area contributed by atoms with Crippen molar-refractivity contribution in [3.05, 3.63) is 42.2 Å². The number of benzene rings is 1. The lowest BCUT2D eigenvalue weighted by Gasteiger charge is -2.36. The van der Waals surface area contributed by atoms with Crippen LogP contribution in [0.4, 0.5) is 14.6 Å². The van der Waals surface area contributed by atoms with Gasteiger partial charge in [0.05, 0.1) is 29.3 Å². The Morgan fingerprint density at radius 3 is 2.69 bits per heavy atom. The van der Waals surface area contributed by atoms with E-state index in [1.807, 2.05) is 37.2 Å². The number of phenolic OH excluding ortho intramolecular Hbond substituents is 1. The number of aromatic hydroxyl groups is 1. The molecule has 32 heavy (non-hydrogen) atoms. The van der Waals surface area contributed by atoms with Crippen LogP contribution in [0, 0.1) is 0 Å². The average Bonchev–Trinajstić information content (AvgIpc) is 3.35. The zero-order valence-electron chi connectivity index (χ0n) is 17.9. The van der Waals surface area contributed by atoms with Gasteiger partial charge in [0.15, 0.2) is 5.82 Å². The molecule has 0 aliphatic carbocycles. The van der Waals surface area contributed by atoms with Gasteiger partial charge in [0.2, 0.25) is 0 Å². The average molecular weight is 441 g/mol. The minimum absolute atomic E-state index is 0.0249. The van der Waals surface area contributed by atoms with E-state index in [0.717, 1.165) is 12.1 Å². The summed E-state index contributed by atoms with van der Waals surface area (Å²) in [5.74, 6) is -1.97. The van der Waals surface area contributed by atoms with Crippen LogP contribution in [0.5, 0.6) is 5.75 Å². The molecular formula is C22H25F2N7O. The maximum absolute atomic E-state index is 14.0. The summed E-state index contributed by atoms with van der Waals surface area (Å²) in [7, 11) is 1.87. The van der Waals surface area contributed by atoms with E-state index in [2.05, 4.69) is 25.8 Å². The van der Waals surface area contributed by atoms with Crippen LogP contribution >= 0.6 is 0 Å². The summed E-state index contributed by atoms with van der Waals surface area (Å²) in [6.07, 6.45) is 3.52. The molecule has 0 amide bonds. The van der Waals surface area contributed by atoms with Gasteiger partial charge in [0.25, 0.3) is 5.92 Å². The van der Waals surface area contributed by atoms with Crippen molar-refractivity contribution in [1.29, 1.82) is 0 Å². The molecule has 2 aliphatic rings. The summed E-state index contributed by atoms with van der Waals surface area (Å²) in [4.78, 5) is 1.93. The van der Waals surface area contributed by atoms with Crippen LogP contribution < -0.4 is 10.2 Å². The first-order valence-corrected chi connectivity index (χ1v) is 10.8. The van der Waals surface area contributed by atoms with Gasteiger partial charge in [-0.25, -0.2) is 13.5 Å². The molecule has 0 saturated carbocycles. The molecule has 3 aromatic rings. The molecule has 2 bridgehead atoms. The largest absolute Gasteiger partial charge is 0.507 e. The van der Waals surface area contributed by atoms with Crippen molar-refractivity contribution in [2.24, 2.45) is 0 Å². The highest BCUT2D eigenvalue weighted by atomic mass is 19.3. The third-order valence-electron chi connectivity index (χ3n) is 6.51. The molecule has 0 radical (unpaired) electrons. The van der Waals surface area contributed by atoms with Crippen LogP contribution in [-0.2, 0) is 6.42 Å². The smallest absolute Gasteiger partial charge is 0.264 e. The molecule has 4 heterocycles. The fourth-order valence-electron chi connectivity index (χ4n) is 4.65. The highest BCUT2D eigenvalue weighted by Gasteiger charge is 2.53. The zero-order valence-corrected chi connectivity index (χ0v) is 17.9. The number of piperidine rings is 1. The molecule has 0 spiro atoms. The highest BCUT2D eigenvalue weighted by molar-refractivity contribution is 5.69. The van der Waals surface area contributed by atoms with Gasteiger partial charge in [0.1, 0.15) is 5.75 Å². The molecule has 2 saturated heterocycles. The number of halogens is 2. The van der Waals surface area contributed by atoms with Gasteiger partial charge in [0, 0.05) is 37.2 Å². The number of hydrogen-bond acceptors (Lipinski definition) is 7. The van der Waals surface area contributed by atoms with Gasteiger partial charge in [-0.2, -0.15) is 0 Å². The van der Waals surface area contributed by atoms with Crippen molar-refractivity contribution in [3.63, 3.8) is 0 Å². The maximum Gasteiger partial charge on any atom is 0.264 e. The van der Waals surface area contributed by atoms with Gasteiger partial charge in [-0.05, 0) is 43.5 Å². The standard InChI is InChI=1S/C22H25F2N7O/c1-3-13-12-31(29-26-13)15-4-5-17(19(32)9-15)18-6-7-21(28-27-18)30(2)16-8-14-11-22(23,24)20(10-16)25-14/h4-7,9,12,14,16,20,25,32H,3,8,10-11H2,1-2H3/t14?,16-,20?/m1/s1. The number of anilines is 1. The predicted molar refractivity (Wildman–Crippen MR) is 115 cm³/mol. The normalized spacial score (nSPS) is 23.9. The van der Waals surface area contributed by atoms with E-state index in [1.54, 1.807) is 22.9 Å². The van der Waals surface area contributed by atoms with Gasteiger partial charge in [-0.1, -0.05) is 12.1 Å². The first-order chi connectivity index (χ1) is 15.3. The number of alkyl halides is 2. The highest BCUT2D eigenvalue weighted by Crippen LogP contribution is 2.40. The number of nitrogens with zero attached hydrogens (tertiary/aromatic N) is 6. The molecule has 10 heteroatoms. The Bertz CT molecular complexity index is 1120. The monoisotopic (exact) mass is 441 g/mol. The summed E-state index contributed by atoms with van der Waals surface area (Å²) < 4.78 is 29.7. The van der Waals surface area contributed by atoms with Crippen LogP contribution in [0.15, 0.2) is 36.5 Å². The first kappa shape index (κ1) is 20.7. The second-order valence-electron chi connectivity index (χ2n) is 8.60. The quantitative estimate of drug-likeness (QED) is 0.629. The van der Waals surface area contributed by atoms with Crippen LogP contribution in [0.2, 0.25) is 0 Å². The lowest BCUT2D eigenvalue weighted by molar-refractivity contribution is -0.0128. The summed E-state index contributed by atoms with van der Waals surface area (Å²) in [5.41, 5.74) is 2.63. The predicted octanol–water partition coefficient (Wildman–Crippen LogP) is 2.96. The molecule has 2 unspecified atom stereocenters. The summed E-state index contributed by atoms with van der Waals surface area (Å²) in [5, 5.41) is 30.3. The van der Waals surface area contributed by atoms with Crippen molar-refractivity contribution in [2.45, 2.75) is 56.7 Å². The van der Waals surface area contributed by atoms with Gasteiger partial charge >= 0.3 is 0 Å². The van der Waals surface area contributed by atoms with Crippen LogP contribution in [0.3, 0.4) is 0 Å². The van der Waals surface area contributed by atoms with E-state index >= 15 is 0 Å². The number of phenols is 1. The third kappa shape index (κ3) is 3.68. The zero-order chi connectivity index (χ0) is 22.5. The molecule has 168 valence electrons. The molecule has 2 fully saturated rings. The summed E-state index contributed by atoms with van der Waals surface area (Å²) in [6, 6.07) is 7.81. The number of fused-ring (bicyclic) bond motifs is 2. The van der Waals surface area contributed by atoms with Crippen LogP contribution in [-0.4, -0.2) is 61.4 Å². The Kier molecular flexibility index (Phi) is 5.04. The molecule has 8 nitrogen and oxygen atoms in total. The van der Waals surface area contributed by atoms with Crippen molar-refractivity contribution < 1.29 is 13.9 Å². The molecule has 2 aromatic heterocycles. The number of aryl methyl sites for hydroxylation is 1. The fraction of sp³-hybridized carbons (Fsp3) is 0.455. The lowest BCUT2D eigenvalue weighted by atomic mass is 9.98. The lowest BCUT2D eigenvalue weighted by Crippen LogP contribution is -2.49. The molecule has 3 atom stereocenters. The number of hydrogen-bond donors (Lipinski definition) is 2. The van der Waals surface area contributed by atoms with Gasteiger partial charge in [-0.15, -0.1) is 15.3 Å². The number of aromatic nitrogens is 5. The van der Waals surface area contributed by atoms with Crippen LogP contribution in [0.1, 0.15) is 31.9 Å². The molecule has 2 N–H and O–H groups in total. The third-order valence-corrected chi connectivity index (χ3v) is 6.51. The Hall–Kier alpha value is -3.14. The van der Waals surface area contributed by atoms with E-state index < -0.39 is 12.0 Å². The van der Waals surface area contributed by atoms with Gasteiger partial charge in [-0.3, -0.25) is 0 Å². The maximum atomic E-state index is 14.0. The van der Waals surface area contributed by atoms with Gasteiger partial charge < -0.3 is 15.3 Å². The minimum Gasteiger partial charge on any atom is -0.507 e. The minimum atomic E-state index is -2.65. The Balaban J connectivity index is 1.32. The molecular weight excluding hydrogens is 416 g/mol. The van der Waals surface area contributed by atoms with Crippen LogP contribution in [0.25, 0.3) is 16.9 Å². The van der Waals surface area contributed by atoms with E-state index in [-0.39, 0.29) is 24.3 Å². The SMILES string of the molecule is CCc1cn(-c2ccc(-c3ccc(N(C)[C@@H]4CC5CC(F)(F)C(C4)N5)nn3)c(O)c2)nn1. The van der Waals surface area contributed by atoms with E-state index in [0.29, 0.717) is 35.6 Å². The first-order valence-electron chi connectivity index (χ1n) is 10.8. The van der Waals surface area contributed by atoms with Crippen molar-refractivity contribution in [2.75, 3.05) is 11.9 Å². The Morgan fingerprint density at radius 1 is 1.19 bits per heavy atom. The second kappa shape index (κ2) is 7.77. The Morgan fingerprint density at radius 2 is 2.03 bits per heavy atom. The molecule has 1 aromatic carbocycles. The molecule has 5 rings (SSSR count). The topological polar surface area (TPSA) is 92.0 Å². The van der Waals surface area contributed by atoms with E-state index in [4.69, 9.17) is 0 Å². The van der Waals surface area contributed by atoms with E-state index in [1.165, 1.54) is 0 Å². The van der Waals surface area contributed by atoms with E-state index in [9.17, 15) is 13.9 Å². The van der Waals surface area contributed by atoms with Crippen molar-refractivity contribution in [1.82, 2.24) is 30.5 Å².